The van der Waals surface area contributed by atoms with Gasteiger partial charge in [0.2, 0.25) is 15.9 Å². The van der Waals surface area contributed by atoms with Crippen LogP contribution in [-0.4, -0.2) is 26.6 Å². The standard InChI is InChI=1S/C22H27ClN2O3S/c1-4-20(25(29(3,27)28)21-14-17(23)13-12-15(21)2)22(26)24-19-11-7-9-16-8-5-6-10-18(16)19/h5-6,8,10,12-14,19-20H,4,7,9,11H2,1-3H3,(H,24,26)/t19-,20+/m0/s1. The summed E-state index contributed by atoms with van der Waals surface area (Å²) in [6.45, 7) is 3.63. The minimum absolute atomic E-state index is 0.108. The molecule has 1 amide bonds. The van der Waals surface area contributed by atoms with E-state index >= 15 is 0 Å². The van der Waals surface area contributed by atoms with Crippen molar-refractivity contribution in [1.29, 1.82) is 0 Å². The average Bonchev–Trinajstić information content (AvgIpc) is 2.67. The molecule has 1 aliphatic carbocycles. The van der Waals surface area contributed by atoms with Crippen LogP contribution in [0.25, 0.3) is 0 Å². The van der Waals surface area contributed by atoms with Crippen LogP contribution >= 0.6 is 11.6 Å². The molecule has 5 nitrogen and oxygen atoms in total. The minimum atomic E-state index is -3.70. The second kappa shape index (κ2) is 8.76. The summed E-state index contributed by atoms with van der Waals surface area (Å²) >= 11 is 6.13. The molecular formula is C22H27ClN2O3S. The molecule has 0 unspecified atom stereocenters. The minimum Gasteiger partial charge on any atom is -0.347 e. The molecule has 0 saturated heterocycles. The summed E-state index contributed by atoms with van der Waals surface area (Å²) in [6.07, 6.45) is 4.30. The average molecular weight is 435 g/mol. The lowest BCUT2D eigenvalue weighted by atomic mass is 9.87. The van der Waals surface area contributed by atoms with E-state index in [1.54, 1.807) is 18.2 Å². The largest absolute Gasteiger partial charge is 0.347 e. The van der Waals surface area contributed by atoms with Crippen molar-refractivity contribution in [2.45, 2.75) is 51.6 Å². The zero-order chi connectivity index (χ0) is 21.2. The Morgan fingerprint density at radius 1 is 1.28 bits per heavy atom. The number of nitrogens with one attached hydrogen (secondary N) is 1. The van der Waals surface area contributed by atoms with Gasteiger partial charge < -0.3 is 5.32 Å². The van der Waals surface area contributed by atoms with Gasteiger partial charge >= 0.3 is 0 Å². The first kappa shape index (κ1) is 21.7. The second-order valence-corrected chi connectivity index (χ2v) is 9.86. The van der Waals surface area contributed by atoms with Crippen molar-refractivity contribution in [3.05, 3.63) is 64.2 Å². The van der Waals surface area contributed by atoms with E-state index in [9.17, 15) is 13.2 Å². The number of halogens is 1. The highest BCUT2D eigenvalue weighted by Crippen LogP contribution is 2.32. The zero-order valence-electron chi connectivity index (χ0n) is 17.0. The van der Waals surface area contributed by atoms with Crippen molar-refractivity contribution in [2.75, 3.05) is 10.6 Å². The Balaban J connectivity index is 1.94. The topological polar surface area (TPSA) is 66.5 Å². The number of rotatable bonds is 6. The molecule has 1 N–H and O–H groups in total. The molecule has 2 aromatic carbocycles. The van der Waals surface area contributed by atoms with Crippen LogP contribution in [0.5, 0.6) is 0 Å². The van der Waals surface area contributed by atoms with Gasteiger partial charge in [0.15, 0.2) is 0 Å². The van der Waals surface area contributed by atoms with E-state index in [0.29, 0.717) is 17.1 Å². The molecule has 3 rings (SSSR count). The lowest BCUT2D eigenvalue weighted by Gasteiger charge is -2.33. The van der Waals surface area contributed by atoms with Gasteiger partial charge in [0.25, 0.3) is 0 Å². The van der Waals surface area contributed by atoms with Crippen LogP contribution in [0.4, 0.5) is 5.69 Å². The van der Waals surface area contributed by atoms with Crippen molar-refractivity contribution in [3.8, 4) is 0 Å². The Morgan fingerprint density at radius 2 is 2.00 bits per heavy atom. The highest BCUT2D eigenvalue weighted by Gasteiger charge is 2.34. The van der Waals surface area contributed by atoms with Gasteiger partial charge in [0, 0.05) is 5.02 Å². The van der Waals surface area contributed by atoms with Crippen molar-refractivity contribution in [1.82, 2.24) is 5.32 Å². The van der Waals surface area contributed by atoms with Gasteiger partial charge in [-0.15, -0.1) is 0 Å². The van der Waals surface area contributed by atoms with Gasteiger partial charge in [0.1, 0.15) is 6.04 Å². The second-order valence-electron chi connectivity index (χ2n) is 7.57. The van der Waals surface area contributed by atoms with Gasteiger partial charge in [0.05, 0.1) is 18.0 Å². The van der Waals surface area contributed by atoms with Crippen LogP contribution < -0.4 is 9.62 Å². The number of carbonyl (C=O) groups excluding carboxylic acids is 1. The predicted octanol–water partition coefficient (Wildman–Crippen LogP) is 4.39. The van der Waals surface area contributed by atoms with Crippen LogP contribution in [0.3, 0.4) is 0 Å². The van der Waals surface area contributed by atoms with E-state index in [1.807, 2.05) is 32.0 Å². The Morgan fingerprint density at radius 3 is 2.69 bits per heavy atom. The number of hydrogen-bond donors (Lipinski definition) is 1. The van der Waals surface area contributed by atoms with E-state index in [2.05, 4.69) is 11.4 Å². The molecule has 0 fully saturated rings. The first-order valence-electron chi connectivity index (χ1n) is 9.86. The van der Waals surface area contributed by atoms with Crippen LogP contribution in [0.1, 0.15) is 48.9 Å². The molecule has 2 aromatic rings. The summed E-state index contributed by atoms with van der Waals surface area (Å²) in [4.78, 5) is 13.3. The fourth-order valence-electron chi connectivity index (χ4n) is 4.03. The quantitative estimate of drug-likeness (QED) is 0.733. The number of carbonyl (C=O) groups is 1. The third-order valence-corrected chi connectivity index (χ3v) is 6.83. The number of fused-ring (bicyclic) bond motifs is 1. The van der Waals surface area contributed by atoms with Gasteiger partial charge in [-0.2, -0.15) is 0 Å². The van der Waals surface area contributed by atoms with E-state index in [0.717, 1.165) is 36.6 Å². The molecule has 1 aliphatic rings. The molecule has 0 aliphatic heterocycles. The predicted molar refractivity (Wildman–Crippen MR) is 118 cm³/mol. The lowest BCUT2D eigenvalue weighted by molar-refractivity contribution is -0.123. The molecular weight excluding hydrogens is 408 g/mol. The number of sulfonamides is 1. The number of benzene rings is 2. The molecule has 7 heteroatoms. The van der Waals surface area contributed by atoms with Crippen molar-refractivity contribution in [2.24, 2.45) is 0 Å². The van der Waals surface area contributed by atoms with Crippen molar-refractivity contribution < 1.29 is 13.2 Å². The van der Waals surface area contributed by atoms with E-state index in [1.165, 1.54) is 9.87 Å². The molecule has 0 radical (unpaired) electrons. The maximum Gasteiger partial charge on any atom is 0.244 e. The smallest absolute Gasteiger partial charge is 0.244 e. The molecule has 0 heterocycles. The van der Waals surface area contributed by atoms with Gasteiger partial charge in [-0.05, 0) is 61.4 Å². The Kier molecular flexibility index (Phi) is 6.54. The normalized spacial score (nSPS) is 17.3. The number of anilines is 1. The SMILES string of the molecule is CC[C@H](C(=O)N[C@H]1CCCc2ccccc21)N(c1cc(Cl)ccc1C)S(C)(=O)=O. The first-order chi connectivity index (χ1) is 13.7. The monoisotopic (exact) mass is 434 g/mol. The molecule has 0 aromatic heterocycles. The van der Waals surface area contributed by atoms with E-state index in [-0.39, 0.29) is 11.9 Å². The molecule has 29 heavy (non-hydrogen) atoms. The van der Waals surface area contributed by atoms with Crippen LogP contribution in [-0.2, 0) is 21.2 Å². The molecule has 0 bridgehead atoms. The lowest BCUT2D eigenvalue weighted by Crippen LogP contribution is -2.50. The van der Waals surface area contributed by atoms with Crippen LogP contribution in [0, 0.1) is 6.92 Å². The number of hydrogen-bond acceptors (Lipinski definition) is 3. The van der Waals surface area contributed by atoms with Gasteiger partial charge in [-0.1, -0.05) is 48.9 Å². The highest BCUT2D eigenvalue weighted by atomic mass is 35.5. The number of nitrogens with zero attached hydrogens (tertiary/aromatic N) is 1. The summed E-state index contributed by atoms with van der Waals surface area (Å²) in [5, 5.41) is 3.53. The number of aryl methyl sites for hydroxylation is 2. The van der Waals surface area contributed by atoms with Crippen LogP contribution in [0.2, 0.25) is 5.02 Å². The molecule has 0 spiro atoms. The highest BCUT2D eigenvalue weighted by molar-refractivity contribution is 7.92. The fourth-order valence-corrected chi connectivity index (χ4v) is 5.45. The van der Waals surface area contributed by atoms with E-state index < -0.39 is 16.1 Å². The Hall–Kier alpha value is -2.05. The van der Waals surface area contributed by atoms with Gasteiger partial charge in [-0.25, -0.2) is 8.42 Å². The Bertz CT molecular complexity index is 1010. The summed E-state index contributed by atoms with van der Waals surface area (Å²) in [6, 6.07) is 12.2. The van der Waals surface area contributed by atoms with Crippen LogP contribution in [0.15, 0.2) is 42.5 Å². The van der Waals surface area contributed by atoms with Crippen molar-refractivity contribution in [3.63, 3.8) is 0 Å². The molecule has 2 atom stereocenters. The molecule has 0 saturated carbocycles. The Labute approximate surface area is 178 Å². The third-order valence-electron chi connectivity index (χ3n) is 5.42. The van der Waals surface area contributed by atoms with Crippen molar-refractivity contribution >= 4 is 33.2 Å². The summed E-state index contributed by atoms with van der Waals surface area (Å²) in [7, 11) is -3.70. The molecule has 156 valence electrons. The maximum atomic E-state index is 13.3. The van der Waals surface area contributed by atoms with E-state index in [4.69, 9.17) is 11.6 Å². The fraction of sp³-hybridized carbons (Fsp3) is 0.409. The summed E-state index contributed by atoms with van der Waals surface area (Å²) < 4.78 is 26.6. The summed E-state index contributed by atoms with van der Waals surface area (Å²) in [5.41, 5.74) is 3.54. The third kappa shape index (κ3) is 4.75. The maximum absolute atomic E-state index is 13.3. The van der Waals surface area contributed by atoms with Gasteiger partial charge in [-0.3, -0.25) is 9.10 Å². The summed E-state index contributed by atoms with van der Waals surface area (Å²) in [5.74, 6) is -0.293. The number of amides is 1. The first-order valence-corrected chi connectivity index (χ1v) is 12.1. The zero-order valence-corrected chi connectivity index (χ0v) is 18.6.